The number of carbonyl (C=O) groups excluding carboxylic acids is 2. The number of rotatable bonds is 10. The largest absolute Gasteiger partial charge is 0.481 e. The van der Waals surface area contributed by atoms with Gasteiger partial charge in [-0.2, -0.15) is 11.8 Å². The quantitative estimate of drug-likeness (QED) is 0.326. The van der Waals surface area contributed by atoms with Crippen molar-refractivity contribution in [3.05, 3.63) is 0 Å². The van der Waals surface area contributed by atoms with E-state index in [2.05, 4.69) is 10.6 Å². The minimum absolute atomic E-state index is 0.251. The molecular weight excluding hydrogens is 314 g/mol. The summed E-state index contributed by atoms with van der Waals surface area (Å²) < 4.78 is 0. The summed E-state index contributed by atoms with van der Waals surface area (Å²) in [5, 5.41) is 22.1. The maximum atomic E-state index is 11.8. The summed E-state index contributed by atoms with van der Waals surface area (Å²) in [7, 11) is 0. The molecule has 0 fully saturated rings. The van der Waals surface area contributed by atoms with Gasteiger partial charge in [0.15, 0.2) is 0 Å². The zero-order chi connectivity index (χ0) is 17.3. The van der Waals surface area contributed by atoms with Crippen LogP contribution in [0.1, 0.15) is 19.8 Å². The average molecular weight is 335 g/mol. The predicted octanol–water partition coefficient (Wildman–Crippen LogP) is -1.38. The minimum Gasteiger partial charge on any atom is -0.481 e. The lowest BCUT2D eigenvalue weighted by atomic mass is 10.1. The number of nitrogens with two attached hydrogens (primary N) is 1. The van der Waals surface area contributed by atoms with Gasteiger partial charge in [-0.1, -0.05) is 0 Å². The number of carboxylic acids is 2. The molecule has 0 saturated carbocycles. The molecule has 3 atom stereocenters. The van der Waals surface area contributed by atoms with Gasteiger partial charge in [0, 0.05) is 0 Å². The maximum Gasteiger partial charge on any atom is 0.326 e. The van der Waals surface area contributed by atoms with Gasteiger partial charge in [0.25, 0.3) is 0 Å². The van der Waals surface area contributed by atoms with Gasteiger partial charge >= 0.3 is 11.9 Å². The summed E-state index contributed by atoms with van der Waals surface area (Å²) >= 11 is 1.45. The number of hydrogen-bond donors (Lipinski definition) is 5. The summed E-state index contributed by atoms with van der Waals surface area (Å²) in [5.74, 6) is -3.31. The molecule has 0 bridgehead atoms. The highest BCUT2D eigenvalue weighted by Gasteiger charge is 2.25. The van der Waals surface area contributed by atoms with E-state index in [1.54, 1.807) is 0 Å². The average Bonchev–Trinajstić information content (AvgIpc) is 2.41. The van der Waals surface area contributed by atoms with Crippen molar-refractivity contribution >= 4 is 35.5 Å². The van der Waals surface area contributed by atoms with Crippen LogP contribution in [0.5, 0.6) is 0 Å². The SMILES string of the molecule is CSCCC(NC(=O)C(C)NC(=O)C(N)CC(=O)O)C(=O)O. The van der Waals surface area contributed by atoms with Crippen LogP contribution in [0.4, 0.5) is 0 Å². The topological polar surface area (TPSA) is 159 Å². The van der Waals surface area contributed by atoms with E-state index in [1.807, 2.05) is 6.26 Å². The van der Waals surface area contributed by atoms with E-state index in [0.717, 1.165) is 0 Å². The summed E-state index contributed by atoms with van der Waals surface area (Å²) in [6.07, 6.45) is 1.50. The van der Waals surface area contributed by atoms with Gasteiger partial charge in [-0.25, -0.2) is 4.79 Å². The smallest absolute Gasteiger partial charge is 0.326 e. The van der Waals surface area contributed by atoms with Crippen molar-refractivity contribution in [2.45, 2.75) is 37.9 Å². The molecule has 9 nitrogen and oxygen atoms in total. The van der Waals surface area contributed by atoms with Crippen LogP contribution in [0.2, 0.25) is 0 Å². The molecule has 0 heterocycles. The second-order valence-electron chi connectivity index (χ2n) is 4.62. The molecule has 126 valence electrons. The standard InChI is InChI=1S/C12H21N3O6S/c1-6(14-11(19)7(13)5-9(16)17)10(18)15-8(12(20)21)3-4-22-2/h6-8H,3-5,13H2,1-2H3,(H,14,19)(H,15,18)(H,16,17)(H,20,21). The van der Waals surface area contributed by atoms with Crippen LogP contribution in [-0.2, 0) is 19.2 Å². The molecule has 0 aliphatic carbocycles. The van der Waals surface area contributed by atoms with Crippen LogP contribution < -0.4 is 16.4 Å². The predicted molar refractivity (Wildman–Crippen MR) is 80.4 cm³/mol. The number of carboxylic acid groups (broad SMARTS) is 2. The van der Waals surface area contributed by atoms with Gasteiger partial charge in [-0.05, 0) is 25.4 Å². The zero-order valence-corrected chi connectivity index (χ0v) is 13.2. The van der Waals surface area contributed by atoms with E-state index < -0.39 is 48.3 Å². The van der Waals surface area contributed by atoms with Crippen molar-refractivity contribution < 1.29 is 29.4 Å². The Balaban J connectivity index is 4.48. The van der Waals surface area contributed by atoms with Gasteiger partial charge in [0.05, 0.1) is 12.5 Å². The van der Waals surface area contributed by atoms with Crippen molar-refractivity contribution in [3.63, 3.8) is 0 Å². The number of nitrogens with one attached hydrogen (secondary N) is 2. The maximum absolute atomic E-state index is 11.8. The highest BCUT2D eigenvalue weighted by molar-refractivity contribution is 7.98. The first-order chi connectivity index (χ1) is 10.2. The van der Waals surface area contributed by atoms with Crippen molar-refractivity contribution in [2.24, 2.45) is 5.73 Å². The lowest BCUT2D eigenvalue weighted by molar-refractivity contribution is -0.142. The molecular formula is C12H21N3O6S. The monoisotopic (exact) mass is 335 g/mol. The van der Waals surface area contributed by atoms with E-state index >= 15 is 0 Å². The molecule has 0 radical (unpaired) electrons. The molecule has 10 heteroatoms. The fourth-order valence-corrected chi connectivity index (χ4v) is 1.93. The van der Waals surface area contributed by atoms with Crippen LogP contribution >= 0.6 is 11.8 Å². The highest BCUT2D eigenvalue weighted by atomic mass is 32.2. The summed E-state index contributed by atoms with van der Waals surface area (Å²) in [4.78, 5) is 44.9. The van der Waals surface area contributed by atoms with Crippen molar-refractivity contribution in [1.82, 2.24) is 10.6 Å². The third-order valence-corrected chi connectivity index (χ3v) is 3.35. The number of hydrogen-bond acceptors (Lipinski definition) is 6. The molecule has 0 spiro atoms. The first-order valence-electron chi connectivity index (χ1n) is 6.48. The molecule has 0 aromatic carbocycles. The van der Waals surface area contributed by atoms with Gasteiger partial charge < -0.3 is 26.6 Å². The normalized spacial score (nSPS) is 14.5. The van der Waals surface area contributed by atoms with Gasteiger partial charge in [-0.3, -0.25) is 14.4 Å². The van der Waals surface area contributed by atoms with Crippen molar-refractivity contribution in [2.75, 3.05) is 12.0 Å². The Bertz CT molecular complexity index is 431. The van der Waals surface area contributed by atoms with Gasteiger partial charge in [-0.15, -0.1) is 0 Å². The van der Waals surface area contributed by atoms with Crippen LogP contribution in [-0.4, -0.2) is 64.1 Å². The molecule has 0 aromatic rings. The fraction of sp³-hybridized carbons (Fsp3) is 0.667. The Morgan fingerprint density at radius 2 is 1.73 bits per heavy atom. The molecule has 0 aliphatic heterocycles. The second-order valence-corrected chi connectivity index (χ2v) is 5.60. The Morgan fingerprint density at radius 1 is 1.14 bits per heavy atom. The van der Waals surface area contributed by atoms with E-state index in [4.69, 9.17) is 15.9 Å². The van der Waals surface area contributed by atoms with Crippen molar-refractivity contribution in [1.29, 1.82) is 0 Å². The van der Waals surface area contributed by atoms with E-state index in [0.29, 0.717) is 5.75 Å². The highest BCUT2D eigenvalue weighted by Crippen LogP contribution is 2.01. The molecule has 0 rings (SSSR count). The van der Waals surface area contributed by atoms with E-state index in [1.165, 1.54) is 18.7 Å². The Hall–Kier alpha value is -1.81. The molecule has 3 unspecified atom stereocenters. The lowest BCUT2D eigenvalue weighted by Gasteiger charge is -2.19. The molecule has 0 aromatic heterocycles. The number of aliphatic carboxylic acids is 2. The van der Waals surface area contributed by atoms with Gasteiger partial charge in [0.1, 0.15) is 12.1 Å². The molecule has 22 heavy (non-hydrogen) atoms. The molecule has 6 N–H and O–H groups in total. The molecule has 0 saturated heterocycles. The Labute approximate surface area is 132 Å². The van der Waals surface area contributed by atoms with Crippen LogP contribution in [0.25, 0.3) is 0 Å². The first kappa shape index (κ1) is 20.2. The number of amides is 2. The lowest BCUT2D eigenvalue weighted by Crippen LogP contribution is -2.53. The first-order valence-corrected chi connectivity index (χ1v) is 7.88. The van der Waals surface area contributed by atoms with E-state index in [-0.39, 0.29) is 6.42 Å². The van der Waals surface area contributed by atoms with E-state index in [9.17, 15) is 19.2 Å². The summed E-state index contributed by atoms with van der Waals surface area (Å²) in [6, 6.07) is -3.35. The fourth-order valence-electron chi connectivity index (χ4n) is 1.46. The number of carbonyl (C=O) groups is 4. The third-order valence-electron chi connectivity index (χ3n) is 2.71. The Morgan fingerprint density at radius 3 is 2.18 bits per heavy atom. The molecule has 2 amide bonds. The van der Waals surface area contributed by atoms with Crippen molar-refractivity contribution in [3.8, 4) is 0 Å². The van der Waals surface area contributed by atoms with Crippen LogP contribution in [0.15, 0.2) is 0 Å². The van der Waals surface area contributed by atoms with Crippen LogP contribution in [0, 0.1) is 0 Å². The summed E-state index contributed by atoms with van der Waals surface area (Å²) in [5.41, 5.74) is 5.36. The zero-order valence-electron chi connectivity index (χ0n) is 12.4. The molecule has 0 aliphatic rings. The second kappa shape index (κ2) is 10.0. The van der Waals surface area contributed by atoms with Gasteiger partial charge in [0.2, 0.25) is 11.8 Å². The minimum atomic E-state index is -1.28. The summed E-state index contributed by atoms with van der Waals surface area (Å²) in [6.45, 7) is 1.36. The van der Waals surface area contributed by atoms with Crippen LogP contribution in [0.3, 0.4) is 0 Å². The third kappa shape index (κ3) is 7.84. The Kier molecular flexibility index (Phi) is 9.18. The number of thioether (sulfide) groups is 1.